The summed E-state index contributed by atoms with van der Waals surface area (Å²) in [5.41, 5.74) is 2.53. The van der Waals surface area contributed by atoms with E-state index < -0.39 is 0 Å². The van der Waals surface area contributed by atoms with E-state index in [1.165, 1.54) is 6.07 Å². The van der Waals surface area contributed by atoms with E-state index >= 15 is 0 Å². The average molecular weight is 426 g/mol. The van der Waals surface area contributed by atoms with Crippen LogP contribution in [0, 0.1) is 5.82 Å². The lowest BCUT2D eigenvalue weighted by atomic mass is 9.80. The Hall–Kier alpha value is -2.60. The summed E-state index contributed by atoms with van der Waals surface area (Å²) in [4.78, 5) is 19.7. The summed E-state index contributed by atoms with van der Waals surface area (Å²) >= 11 is 0. The fraction of sp³-hybridized carbons (Fsp3) is 0.480. The number of halogens is 1. The molecule has 6 heteroatoms. The molecule has 1 amide bonds. The molecule has 0 bridgehead atoms. The van der Waals surface area contributed by atoms with Gasteiger partial charge in [0.25, 0.3) is 0 Å². The monoisotopic (exact) mass is 425 g/mol. The lowest BCUT2D eigenvalue weighted by molar-refractivity contribution is -0.121. The molecule has 0 spiro atoms. The topological polar surface area (TPSA) is 36.0 Å². The zero-order valence-electron chi connectivity index (χ0n) is 18.9. The second-order valence-electron chi connectivity index (χ2n) is 9.29. The molecule has 2 aliphatic heterocycles. The fourth-order valence-corrected chi connectivity index (χ4v) is 5.12. The van der Waals surface area contributed by atoms with Gasteiger partial charge in [0.1, 0.15) is 11.6 Å². The second-order valence-corrected chi connectivity index (χ2v) is 9.29. The number of rotatable bonds is 4. The predicted octanol–water partition coefficient (Wildman–Crippen LogP) is 4.28. The Morgan fingerprint density at radius 2 is 1.81 bits per heavy atom. The van der Waals surface area contributed by atoms with Gasteiger partial charge in [-0.15, -0.1) is 0 Å². The van der Waals surface area contributed by atoms with Crippen molar-refractivity contribution < 1.29 is 13.9 Å². The number of para-hydroxylation sites is 1. The van der Waals surface area contributed by atoms with Crippen molar-refractivity contribution in [3.63, 3.8) is 0 Å². The number of ether oxygens (including phenoxy) is 1. The molecule has 2 aliphatic rings. The molecule has 5 nitrogen and oxygen atoms in total. The van der Waals surface area contributed by atoms with E-state index in [1.807, 2.05) is 29.2 Å². The van der Waals surface area contributed by atoms with Gasteiger partial charge in [0, 0.05) is 37.4 Å². The van der Waals surface area contributed by atoms with Crippen LogP contribution in [0.25, 0.3) is 0 Å². The Balaban J connectivity index is 1.47. The minimum Gasteiger partial charge on any atom is -0.497 e. The van der Waals surface area contributed by atoms with E-state index in [1.54, 1.807) is 13.2 Å². The normalized spacial score (nSPS) is 21.0. The molecule has 0 aliphatic carbocycles. The van der Waals surface area contributed by atoms with Crippen molar-refractivity contribution in [3.05, 3.63) is 53.8 Å². The highest BCUT2D eigenvalue weighted by molar-refractivity contribution is 5.97. The third-order valence-electron chi connectivity index (χ3n) is 6.59. The molecule has 0 N–H and O–H groups in total. The molecule has 0 aromatic heterocycles. The first kappa shape index (κ1) is 21.6. The molecule has 0 saturated carbocycles. The molecule has 2 aromatic rings. The number of hydrogen-bond acceptors (Lipinski definition) is 4. The van der Waals surface area contributed by atoms with E-state index in [2.05, 4.69) is 36.6 Å². The number of hydrogen-bond donors (Lipinski definition) is 0. The first-order chi connectivity index (χ1) is 14.8. The number of carbonyl (C=O) groups is 1. The number of nitrogens with zero attached hydrogens (tertiary/aromatic N) is 3. The molecule has 2 heterocycles. The van der Waals surface area contributed by atoms with Gasteiger partial charge in [-0.05, 0) is 62.1 Å². The second kappa shape index (κ2) is 8.50. The molecule has 2 aromatic carbocycles. The lowest BCUT2D eigenvalue weighted by Crippen LogP contribution is -2.56. The summed E-state index contributed by atoms with van der Waals surface area (Å²) in [6.07, 6.45) is 0.903. The van der Waals surface area contributed by atoms with Crippen LogP contribution in [-0.4, -0.2) is 56.2 Å². The van der Waals surface area contributed by atoms with Gasteiger partial charge in [-0.2, -0.15) is 0 Å². The Morgan fingerprint density at radius 1 is 1.10 bits per heavy atom. The number of benzene rings is 2. The standard InChI is InChI=1S/C25H32FN3O2/c1-18-16-25(2,3)29(22-10-9-19(31-4)15-20(18)22)24(30)17-27-11-13-28(14-12-27)23-8-6-5-7-21(23)26/h5-10,15,18H,11-14,16-17H2,1-4H3. The van der Waals surface area contributed by atoms with E-state index in [9.17, 15) is 9.18 Å². The Morgan fingerprint density at radius 3 is 2.48 bits per heavy atom. The maximum Gasteiger partial charge on any atom is 0.241 e. The molecule has 4 rings (SSSR count). The third kappa shape index (κ3) is 4.26. The quantitative estimate of drug-likeness (QED) is 0.733. The summed E-state index contributed by atoms with van der Waals surface area (Å²) in [5, 5.41) is 0. The smallest absolute Gasteiger partial charge is 0.241 e. The third-order valence-corrected chi connectivity index (χ3v) is 6.59. The number of anilines is 2. The summed E-state index contributed by atoms with van der Waals surface area (Å²) in [6, 6.07) is 12.9. The number of piperazine rings is 1. The van der Waals surface area contributed by atoms with Gasteiger partial charge in [0.2, 0.25) is 5.91 Å². The van der Waals surface area contributed by atoms with Gasteiger partial charge >= 0.3 is 0 Å². The summed E-state index contributed by atoms with van der Waals surface area (Å²) in [6.45, 7) is 9.76. The lowest BCUT2D eigenvalue weighted by Gasteiger charge is -2.47. The van der Waals surface area contributed by atoms with Crippen molar-refractivity contribution in [1.29, 1.82) is 0 Å². The van der Waals surface area contributed by atoms with E-state index in [-0.39, 0.29) is 17.3 Å². The van der Waals surface area contributed by atoms with Crippen LogP contribution < -0.4 is 14.5 Å². The van der Waals surface area contributed by atoms with E-state index in [0.29, 0.717) is 31.2 Å². The number of methoxy groups -OCH3 is 1. The number of carbonyl (C=O) groups excluding carboxylic acids is 1. The molecular weight excluding hydrogens is 393 g/mol. The summed E-state index contributed by atoms with van der Waals surface area (Å²) in [7, 11) is 1.67. The van der Waals surface area contributed by atoms with Gasteiger partial charge < -0.3 is 14.5 Å². The van der Waals surface area contributed by atoms with E-state index in [0.717, 1.165) is 36.5 Å². The highest BCUT2D eigenvalue weighted by Gasteiger charge is 2.40. The van der Waals surface area contributed by atoms with Crippen LogP contribution >= 0.6 is 0 Å². The maximum absolute atomic E-state index is 14.1. The highest BCUT2D eigenvalue weighted by Crippen LogP contribution is 2.44. The van der Waals surface area contributed by atoms with Crippen molar-refractivity contribution in [2.45, 2.75) is 38.6 Å². The molecule has 1 atom stereocenters. The minimum absolute atomic E-state index is 0.114. The van der Waals surface area contributed by atoms with Gasteiger partial charge in [-0.1, -0.05) is 19.1 Å². The van der Waals surface area contributed by atoms with Gasteiger partial charge in [-0.3, -0.25) is 9.69 Å². The van der Waals surface area contributed by atoms with Crippen LogP contribution in [0.5, 0.6) is 5.75 Å². The van der Waals surface area contributed by atoms with Crippen LogP contribution in [0.15, 0.2) is 42.5 Å². The number of fused-ring (bicyclic) bond motifs is 1. The summed E-state index contributed by atoms with van der Waals surface area (Å²) in [5.74, 6) is 1.10. The molecule has 1 saturated heterocycles. The molecular formula is C25H32FN3O2. The van der Waals surface area contributed by atoms with Gasteiger partial charge in [0.15, 0.2) is 0 Å². The highest BCUT2D eigenvalue weighted by atomic mass is 19.1. The fourth-order valence-electron chi connectivity index (χ4n) is 5.12. The van der Waals surface area contributed by atoms with Crippen LogP contribution in [0.4, 0.5) is 15.8 Å². The maximum atomic E-state index is 14.1. The summed E-state index contributed by atoms with van der Waals surface area (Å²) < 4.78 is 19.5. The van der Waals surface area contributed by atoms with Gasteiger partial charge in [-0.25, -0.2) is 4.39 Å². The van der Waals surface area contributed by atoms with Crippen LogP contribution in [0.2, 0.25) is 0 Å². The molecule has 0 radical (unpaired) electrons. The van der Waals surface area contributed by atoms with Crippen molar-refractivity contribution in [2.24, 2.45) is 0 Å². The van der Waals surface area contributed by atoms with Crippen molar-refractivity contribution in [2.75, 3.05) is 49.6 Å². The zero-order valence-corrected chi connectivity index (χ0v) is 18.9. The molecule has 31 heavy (non-hydrogen) atoms. The Labute approximate surface area is 184 Å². The predicted molar refractivity (Wildman–Crippen MR) is 123 cm³/mol. The number of amides is 1. The largest absolute Gasteiger partial charge is 0.497 e. The average Bonchev–Trinajstić information content (AvgIpc) is 2.74. The van der Waals surface area contributed by atoms with Crippen LogP contribution in [0.1, 0.15) is 38.7 Å². The van der Waals surface area contributed by atoms with Crippen molar-refractivity contribution in [1.82, 2.24) is 4.90 Å². The van der Waals surface area contributed by atoms with Crippen molar-refractivity contribution >= 4 is 17.3 Å². The van der Waals surface area contributed by atoms with Gasteiger partial charge in [0.05, 0.1) is 19.3 Å². The SMILES string of the molecule is COc1ccc2c(c1)C(C)CC(C)(C)N2C(=O)CN1CCN(c2ccccc2F)CC1. The Bertz CT molecular complexity index is 954. The first-order valence-corrected chi connectivity index (χ1v) is 11.0. The Kier molecular flexibility index (Phi) is 5.93. The first-order valence-electron chi connectivity index (χ1n) is 11.0. The minimum atomic E-state index is -0.257. The van der Waals surface area contributed by atoms with E-state index in [4.69, 9.17) is 4.74 Å². The van der Waals surface area contributed by atoms with Crippen LogP contribution in [-0.2, 0) is 4.79 Å². The molecule has 1 fully saturated rings. The van der Waals surface area contributed by atoms with Crippen molar-refractivity contribution in [3.8, 4) is 5.75 Å². The van der Waals surface area contributed by atoms with Crippen LogP contribution in [0.3, 0.4) is 0 Å². The molecule has 1 unspecified atom stereocenters. The molecule has 166 valence electrons. The zero-order chi connectivity index (χ0) is 22.2.